The van der Waals surface area contributed by atoms with Crippen molar-refractivity contribution in [1.82, 2.24) is 0 Å². The summed E-state index contributed by atoms with van der Waals surface area (Å²) < 4.78 is 39.0. The minimum absolute atomic E-state index is 0.00928. The first-order valence-electron chi connectivity index (χ1n) is 11.4. The van der Waals surface area contributed by atoms with E-state index in [1.165, 1.54) is 50.7 Å². The quantitative estimate of drug-likeness (QED) is 0.447. The number of benzene rings is 1. The average Bonchev–Trinajstić information content (AvgIpc) is 3.32. The summed E-state index contributed by atoms with van der Waals surface area (Å²) in [5.41, 5.74) is 0. The molecule has 0 spiro atoms. The minimum atomic E-state index is -0.962. The molecule has 0 radical (unpaired) electrons. The van der Waals surface area contributed by atoms with Crippen LogP contribution in [0.1, 0.15) is 69.1 Å². The molecule has 30 heavy (non-hydrogen) atoms. The lowest BCUT2D eigenvalue weighted by atomic mass is 9.69. The number of rotatable bonds is 7. The molecule has 164 valence electrons. The third-order valence-corrected chi connectivity index (χ3v) is 8.10. The smallest absolute Gasteiger partial charge is 0.204 e. The van der Waals surface area contributed by atoms with Crippen LogP contribution in [-0.2, 0) is 0 Å². The van der Waals surface area contributed by atoms with Crippen LogP contribution in [0.5, 0.6) is 11.5 Å². The number of halogens is 2. The van der Waals surface area contributed by atoms with Gasteiger partial charge in [-0.3, -0.25) is 0 Å². The standard InChI is InChI=1S/C25H32F2O2S/c1-2-28-21-13-14-22(25(27)24(21)26)29-16-17-5-7-18(8-6-17)19-9-11-20(12-10-19)23-4-3-15-30-23/h3-4,13-15,17-20H,2,5-12,16H2,1H3. The summed E-state index contributed by atoms with van der Waals surface area (Å²) in [6, 6.07) is 7.38. The minimum Gasteiger partial charge on any atom is -0.491 e. The maximum absolute atomic E-state index is 14.2. The van der Waals surface area contributed by atoms with E-state index in [4.69, 9.17) is 9.47 Å². The van der Waals surface area contributed by atoms with E-state index in [-0.39, 0.29) is 11.5 Å². The summed E-state index contributed by atoms with van der Waals surface area (Å²) in [6.07, 6.45) is 10.1. The number of ether oxygens (including phenoxy) is 2. The van der Waals surface area contributed by atoms with Gasteiger partial charge in [-0.2, -0.15) is 8.78 Å². The molecule has 2 saturated carbocycles. The molecule has 2 nitrogen and oxygen atoms in total. The molecule has 1 heterocycles. The van der Waals surface area contributed by atoms with Crippen LogP contribution >= 0.6 is 11.3 Å². The summed E-state index contributed by atoms with van der Waals surface area (Å²) in [6.45, 7) is 2.51. The van der Waals surface area contributed by atoms with Crippen molar-refractivity contribution < 1.29 is 18.3 Å². The van der Waals surface area contributed by atoms with Crippen LogP contribution in [-0.4, -0.2) is 13.2 Å². The van der Waals surface area contributed by atoms with Gasteiger partial charge in [0.25, 0.3) is 0 Å². The molecule has 1 aromatic heterocycles. The van der Waals surface area contributed by atoms with E-state index in [9.17, 15) is 8.78 Å². The highest BCUT2D eigenvalue weighted by Gasteiger charge is 2.31. The number of hydrogen-bond acceptors (Lipinski definition) is 3. The summed E-state index contributed by atoms with van der Waals surface area (Å²) in [5.74, 6) is 0.911. The molecule has 0 atom stereocenters. The van der Waals surface area contributed by atoms with Crippen molar-refractivity contribution in [2.45, 2.75) is 64.2 Å². The van der Waals surface area contributed by atoms with Gasteiger partial charge >= 0.3 is 0 Å². The average molecular weight is 435 g/mol. The van der Waals surface area contributed by atoms with E-state index < -0.39 is 11.6 Å². The predicted molar refractivity (Wildman–Crippen MR) is 117 cm³/mol. The van der Waals surface area contributed by atoms with E-state index in [2.05, 4.69) is 17.5 Å². The van der Waals surface area contributed by atoms with Gasteiger partial charge in [0.15, 0.2) is 11.5 Å². The van der Waals surface area contributed by atoms with E-state index in [0.717, 1.165) is 30.6 Å². The van der Waals surface area contributed by atoms with Crippen molar-refractivity contribution in [3.8, 4) is 11.5 Å². The summed E-state index contributed by atoms with van der Waals surface area (Å²) >= 11 is 1.90. The Morgan fingerprint density at radius 2 is 1.43 bits per heavy atom. The molecule has 0 N–H and O–H groups in total. The van der Waals surface area contributed by atoms with E-state index in [0.29, 0.717) is 19.1 Å². The Hall–Kier alpha value is -1.62. The first-order chi connectivity index (χ1) is 14.7. The molecule has 5 heteroatoms. The molecule has 2 aliphatic carbocycles. The highest BCUT2D eigenvalue weighted by Crippen LogP contribution is 2.44. The maximum Gasteiger partial charge on any atom is 0.204 e. The van der Waals surface area contributed by atoms with Gasteiger partial charge in [-0.05, 0) is 106 Å². The molecular formula is C25H32F2O2S. The molecule has 2 fully saturated rings. The highest BCUT2D eigenvalue weighted by atomic mass is 32.1. The number of thiophene rings is 1. The molecule has 0 unspecified atom stereocenters. The van der Waals surface area contributed by atoms with Crippen LogP contribution in [0.4, 0.5) is 8.78 Å². The van der Waals surface area contributed by atoms with Crippen molar-refractivity contribution in [1.29, 1.82) is 0 Å². The third-order valence-electron chi connectivity index (χ3n) is 7.06. The largest absolute Gasteiger partial charge is 0.491 e. The summed E-state index contributed by atoms with van der Waals surface area (Å²) in [4.78, 5) is 1.56. The van der Waals surface area contributed by atoms with Crippen molar-refractivity contribution in [3.63, 3.8) is 0 Å². The van der Waals surface area contributed by atoms with Crippen molar-refractivity contribution in [2.75, 3.05) is 13.2 Å². The molecule has 0 amide bonds. The van der Waals surface area contributed by atoms with E-state index >= 15 is 0 Å². The molecule has 2 aliphatic rings. The van der Waals surface area contributed by atoms with Gasteiger partial charge in [-0.15, -0.1) is 11.3 Å². The fourth-order valence-electron chi connectivity index (χ4n) is 5.33. The summed E-state index contributed by atoms with van der Waals surface area (Å²) in [7, 11) is 0. The van der Waals surface area contributed by atoms with Crippen LogP contribution in [0.2, 0.25) is 0 Å². The second kappa shape index (κ2) is 10.1. The second-order valence-electron chi connectivity index (χ2n) is 8.84. The van der Waals surface area contributed by atoms with Gasteiger partial charge in [-0.25, -0.2) is 0 Å². The van der Waals surface area contributed by atoms with Gasteiger partial charge in [-0.1, -0.05) is 6.07 Å². The molecule has 2 aromatic rings. The topological polar surface area (TPSA) is 18.5 Å². The Morgan fingerprint density at radius 1 is 0.833 bits per heavy atom. The number of hydrogen-bond donors (Lipinski definition) is 0. The van der Waals surface area contributed by atoms with E-state index in [1.807, 2.05) is 11.3 Å². The first-order valence-corrected chi connectivity index (χ1v) is 12.3. The molecular weight excluding hydrogens is 402 g/mol. The first kappa shape index (κ1) is 21.6. The normalized spacial score (nSPS) is 27.0. The van der Waals surface area contributed by atoms with Crippen LogP contribution in [0.15, 0.2) is 29.6 Å². The third kappa shape index (κ3) is 4.99. The second-order valence-corrected chi connectivity index (χ2v) is 9.82. The zero-order chi connectivity index (χ0) is 20.9. The van der Waals surface area contributed by atoms with Gasteiger partial charge < -0.3 is 9.47 Å². The SMILES string of the molecule is CCOc1ccc(OCC2CCC(C3CCC(c4cccs4)CC3)CC2)c(F)c1F. The van der Waals surface area contributed by atoms with Crippen molar-refractivity contribution in [2.24, 2.45) is 17.8 Å². The Morgan fingerprint density at radius 3 is 2.00 bits per heavy atom. The Kier molecular flexibility index (Phi) is 7.29. The van der Waals surface area contributed by atoms with Crippen LogP contribution in [0.25, 0.3) is 0 Å². The summed E-state index contributed by atoms with van der Waals surface area (Å²) in [5, 5.41) is 2.19. The Balaban J connectivity index is 1.21. The lowest BCUT2D eigenvalue weighted by molar-refractivity contribution is 0.129. The Labute approximate surface area is 182 Å². The van der Waals surface area contributed by atoms with Crippen molar-refractivity contribution >= 4 is 11.3 Å². The van der Waals surface area contributed by atoms with Crippen molar-refractivity contribution in [3.05, 3.63) is 46.2 Å². The lowest BCUT2D eigenvalue weighted by Crippen LogP contribution is -2.27. The predicted octanol–water partition coefficient (Wildman–Crippen LogP) is 7.58. The fourth-order valence-corrected chi connectivity index (χ4v) is 6.22. The molecule has 0 bridgehead atoms. The molecule has 1 aromatic carbocycles. The molecule has 0 saturated heterocycles. The lowest BCUT2D eigenvalue weighted by Gasteiger charge is -2.37. The van der Waals surface area contributed by atoms with Crippen LogP contribution in [0, 0.1) is 29.4 Å². The molecule has 4 rings (SSSR count). The van der Waals surface area contributed by atoms with E-state index in [1.54, 1.807) is 11.8 Å². The monoisotopic (exact) mass is 434 g/mol. The Bertz CT molecular complexity index is 792. The fraction of sp³-hybridized carbons (Fsp3) is 0.600. The van der Waals surface area contributed by atoms with Gasteiger partial charge in [0.2, 0.25) is 11.6 Å². The van der Waals surface area contributed by atoms with Gasteiger partial charge in [0.1, 0.15) is 0 Å². The van der Waals surface area contributed by atoms with Gasteiger partial charge in [0.05, 0.1) is 13.2 Å². The van der Waals surface area contributed by atoms with Crippen LogP contribution in [0.3, 0.4) is 0 Å². The maximum atomic E-state index is 14.2. The van der Waals surface area contributed by atoms with Crippen LogP contribution < -0.4 is 9.47 Å². The highest BCUT2D eigenvalue weighted by molar-refractivity contribution is 7.10. The zero-order valence-electron chi connectivity index (χ0n) is 17.7. The zero-order valence-corrected chi connectivity index (χ0v) is 18.6. The molecule has 0 aliphatic heterocycles. The van der Waals surface area contributed by atoms with Gasteiger partial charge in [0, 0.05) is 4.88 Å².